The lowest BCUT2D eigenvalue weighted by molar-refractivity contribution is 0.0956. The Kier molecular flexibility index (Phi) is 4.30. The van der Waals surface area contributed by atoms with Gasteiger partial charge >= 0.3 is 0 Å². The number of hydrogen-bond acceptors (Lipinski definition) is 4. The summed E-state index contributed by atoms with van der Waals surface area (Å²) in [5, 5.41) is 3.77. The summed E-state index contributed by atoms with van der Waals surface area (Å²) in [4.78, 5) is 18.4. The summed E-state index contributed by atoms with van der Waals surface area (Å²) in [7, 11) is 0. The van der Waals surface area contributed by atoms with Crippen LogP contribution in [0.4, 0.5) is 5.69 Å². The third-order valence-corrected chi connectivity index (χ3v) is 4.82. The Morgan fingerprint density at radius 3 is 2.65 bits per heavy atom. The van der Waals surface area contributed by atoms with Crippen LogP contribution in [0.5, 0.6) is 0 Å². The number of carbonyl (C=O) groups is 1. The van der Waals surface area contributed by atoms with E-state index in [0.717, 1.165) is 21.5 Å². The van der Waals surface area contributed by atoms with Gasteiger partial charge in [0.25, 0.3) is 5.91 Å². The van der Waals surface area contributed by atoms with E-state index in [4.69, 9.17) is 5.73 Å². The van der Waals surface area contributed by atoms with Crippen LogP contribution >= 0.6 is 11.3 Å². The van der Waals surface area contributed by atoms with Crippen molar-refractivity contribution in [2.45, 2.75) is 26.3 Å². The van der Waals surface area contributed by atoms with Gasteiger partial charge in [-0.15, -0.1) is 11.3 Å². The summed E-state index contributed by atoms with van der Waals surface area (Å²) in [5.74, 6) is 0.193. The quantitative estimate of drug-likeness (QED) is 0.763. The fourth-order valence-corrected chi connectivity index (χ4v) is 3.38. The highest BCUT2D eigenvalue weighted by atomic mass is 32.1. The molecule has 0 atom stereocenters. The van der Waals surface area contributed by atoms with E-state index in [-0.39, 0.29) is 5.91 Å². The number of rotatable bonds is 4. The molecule has 0 spiro atoms. The van der Waals surface area contributed by atoms with E-state index in [1.54, 1.807) is 0 Å². The van der Waals surface area contributed by atoms with Crippen LogP contribution < -0.4 is 11.1 Å². The first-order chi connectivity index (χ1) is 11.1. The van der Waals surface area contributed by atoms with Crippen molar-refractivity contribution in [1.29, 1.82) is 0 Å². The minimum absolute atomic E-state index is 0.152. The smallest absolute Gasteiger partial charge is 0.263 e. The molecule has 0 saturated heterocycles. The second kappa shape index (κ2) is 6.38. The average Bonchev–Trinajstić information content (AvgIpc) is 2.90. The maximum absolute atomic E-state index is 12.4. The van der Waals surface area contributed by atoms with Crippen LogP contribution in [0.3, 0.4) is 0 Å². The molecule has 3 rings (SSSR count). The van der Waals surface area contributed by atoms with Gasteiger partial charge in [0, 0.05) is 17.6 Å². The van der Waals surface area contributed by atoms with Crippen LogP contribution in [-0.2, 0) is 6.54 Å². The van der Waals surface area contributed by atoms with Gasteiger partial charge < -0.3 is 11.1 Å². The van der Waals surface area contributed by atoms with Gasteiger partial charge in [-0.2, -0.15) is 0 Å². The van der Waals surface area contributed by atoms with Crippen molar-refractivity contribution in [2.24, 2.45) is 0 Å². The Labute approximate surface area is 139 Å². The number of thiophene rings is 1. The van der Waals surface area contributed by atoms with E-state index >= 15 is 0 Å². The molecule has 0 saturated carbocycles. The molecule has 4 nitrogen and oxygen atoms in total. The molecule has 0 aliphatic carbocycles. The molecule has 23 heavy (non-hydrogen) atoms. The molecule has 2 aromatic heterocycles. The second-order valence-electron chi connectivity index (χ2n) is 5.76. The lowest BCUT2D eigenvalue weighted by atomic mass is 10.1. The fraction of sp³-hybridized carbons (Fsp3) is 0.222. The molecule has 5 heteroatoms. The summed E-state index contributed by atoms with van der Waals surface area (Å²) < 4.78 is 0. The minimum atomic E-state index is -0.152. The Balaban J connectivity index is 1.84. The van der Waals surface area contributed by atoms with Crippen molar-refractivity contribution in [2.75, 3.05) is 5.73 Å². The number of nitrogens with one attached hydrogen (secondary N) is 1. The molecule has 0 unspecified atom stereocenters. The first kappa shape index (κ1) is 15.5. The number of pyridine rings is 1. The second-order valence-corrected chi connectivity index (χ2v) is 6.76. The van der Waals surface area contributed by atoms with E-state index in [0.29, 0.717) is 23.0 Å². The third kappa shape index (κ3) is 3.19. The molecule has 0 radical (unpaired) electrons. The molecule has 2 heterocycles. The van der Waals surface area contributed by atoms with Gasteiger partial charge in [0.15, 0.2) is 0 Å². The SMILES string of the molecule is CC(C)c1ccc2c(N)c(C(=O)NCc3ccccc3)sc2n1. The monoisotopic (exact) mass is 325 g/mol. The Bertz CT molecular complexity index is 840. The summed E-state index contributed by atoms with van der Waals surface area (Å²) in [5.41, 5.74) is 8.72. The normalized spacial score (nSPS) is 11.1. The molecule has 0 aliphatic heterocycles. The van der Waals surface area contributed by atoms with Crippen LogP contribution in [0.1, 0.15) is 40.7 Å². The highest BCUT2D eigenvalue weighted by Gasteiger charge is 2.17. The predicted molar refractivity (Wildman–Crippen MR) is 95.7 cm³/mol. The lowest BCUT2D eigenvalue weighted by Crippen LogP contribution is -2.22. The Morgan fingerprint density at radius 1 is 1.22 bits per heavy atom. The highest BCUT2D eigenvalue weighted by Crippen LogP contribution is 2.33. The maximum atomic E-state index is 12.4. The minimum Gasteiger partial charge on any atom is -0.397 e. The number of carbonyl (C=O) groups excluding carboxylic acids is 1. The van der Waals surface area contributed by atoms with Gasteiger partial charge in [-0.3, -0.25) is 4.79 Å². The number of nitrogens with zero attached hydrogens (tertiary/aromatic N) is 1. The molecule has 118 valence electrons. The fourth-order valence-electron chi connectivity index (χ4n) is 2.36. The zero-order valence-corrected chi connectivity index (χ0v) is 14.0. The van der Waals surface area contributed by atoms with Crippen molar-refractivity contribution < 1.29 is 4.79 Å². The van der Waals surface area contributed by atoms with Crippen LogP contribution in [0, 0.1) is 0 Å². The number of hydrogen-bond donors (Lipinski definition) is 2. The molecule has 3 aromatic rings. The zero-order valence-electron chi connectivity index (χ0n) is 13.2. The van der Waals surface area contributed by atoms with Gasteiger partial charge in [-0.05, 0) is 23.6 Å². The van der Waals surface area contributed by atoms with Crippen LogP contribution in [0.2, 0.25) is 0 Å². The van der Waals surface area contributed by atoms with Crippen LogP contribution in [-0.4, -0.2) is 10.9 Å². The predicted octanol–water partition coefficient (Wildman–Crippen LogP) is 3.93. The van der Waals surface area contributed by atoms with Crippen LogP contribution in [0.25, 0.3) is 10.2 Å². The Morgan fingerprint density at radius 2 is 1.96 bits per heavy atom. The number of aromatic nitrogens is 1. The van der Waals surface area contributed by atoms with E-state index in [9.17, 15) is 4.79 Å². The van der Waals surface area contributed by atoms with Crippen molar-refractivity contribution in [1.82, 2.24) is 10.3 Å². The van der Waals surface area contributed by atoms with E-state index in [1.807, 2.05) is 42.5 Å². The van der Waals surface area contributed by atoms with Gasteiger partial charge in [0.2, 0.25) is 0 Å². The Hall–Kier alpha value is -2.40. The molecule has 0 fully saturated rings. The standard InChI is InChI=1S/C18H19N3OS/c1-11(2)14-9-8-13-15(19)16(23-18(13)21-14)17(22)20-10-12-6-4-3-5-7-12/h3-9,11H,10,19H2,1-2H3,(H,20,22). The number of fused-ring (bicyclic) bond motifs is 1. The topological polar surface area (TPSA) is 68.0 Å². The molecule has 0 aliphatic rings. The van der Waals surface area contributed by atoms with Gasteiger partial charge in [0.1, 0.15) is 9.71 Å². The van der Waals surface area contributed by atoms with E-state index in [1.165, 1.54) is 11.3 Å². The van der Waals surface area contributed by atoms with E-state index in [2.05, 4.69) is 24.1 Å². The maximum Gasteiger partial charge on any atom is 0.263 e. The number of amides is 1. The molecule has 0 bridgehead atoms. The number of anilines is 1. The number of nitrogen functional groups attached to an aromatic ring is 1. The highest BCUT2D eigenvalue weighted by molar-refractivity contribution is 7.21. The van der Waals surface area contributed by atoms with Crippen molar-refractivity contribution in [3.63, 3.8) is 0 Å². The van der Waals surface area contributed by atoms with Crippen molar-refractivity contribution in [3.8, 4) is 0 Å². The first-order valence-electron chi connectivity index (χ1n) is 7.57. The summed E-state index contributed by atoms with van der Waals surface area (Å²) in [6.07, 6.45) is 0. The third-order valence-electron chi connectivity index (χ3n) is 3.71. The molecule has 1 aromatic carbocycles. The summed E-state index contributed by atoms with van der Waals surface area (Å²) in [6.45, 7) is 4.68. The average molecular weight is 325 g/mol. The lowest BCUT2D eigenvalue weighted by Gasteiger charge is -2.04. The van der Waals surface area contributed by atoms with E-state index < -0.39 is 0 Å². The van der Waals surface area contributed by atoms with Crippen LogP contribution in [0.15, 0.2) is 42.5 Å². The van der Waals surface area contributed by atoms with Crippen molar-refractivity contribution in [3.05, 3.63) is 58.6 Å². The largest absolute Gasteiger partial charge is 0.397 e. The number of benzene rings is 1. The first-order valence-corrected chi connectivity index (χ1v) is 8.39. The summed E-state index contributed by atoms with van der Waals surface area (Å²) >= 11 is 1.35. The summed E-state index contributed by atoms with van der Waals surface area (Å²) in [6, 6.07) is 13.7. The molecular weight excluding hydrogens is 306 g/mol. The molecule has 1 amide bonds. The van der Waals surface area contributed by atoms with Gasteiger partial charge in [-0.1, -0.05) is 44.2 Å². The van der Waals surface area contributed by atoms with Crippen molar-refractivity contribution >= 4 is 33.1 Å². The zero-order chi connectivity index (χ0) is 16.4. The molecular formula is C18H19N3OS. The van der Waals surface area contributed by atoms with Gasteiger partial charge in [-0.25, -0.2) is 4.98 Å². The number of nitrogens with two attached hydrogens (primary N) is 1. The molecule has 3 N–H and O–H groups in total. The van der Waals surface area contributed by atoms with Gasteiger partial charge in [0.05, 0.1) is 5.69 Å².